The van der Waals surface area contributed by atoms with Crippen LogP contribution in [0.5, 0.6) is 0 Å². The lowest BCUT2D eigenvalue weighted by molar-refractivity contribution is 1.25. The zero-order chi connectivity index (χ0) is 13.1. The van der Waals surface area contributed by atoms with Crippen molar-refractivity contribution >= 4 is 43.4 Å². The van der Waals surface area contributed by atoms with Crippen molar-refractivity contribution in [2.24, 2.45) is 0 Å². The van der Waals surface area contributed by atoms with Gasteiger partial charge in [0.1, 0.15) is 11.9 Å². The van der Waals surface area contributed by atoms with Crippen molar-refractivity contribution in [1.29, 1.82) is 5.26 Å². The fraction of sp³-hybridized carbons (Fsp3) is 0.0769. The summed E-state index contributed by atoms with van der Waals surface area (Å²) in [7, 11) is 0. The van der Waals surface area contributed by atoms with E-state index in [-0.39, 0.29) is 0 Å². The number of aryl methyl sites for hydroxylation is 1. The predicted octanol–water partition coefficient (Wildman–Crippen LogP) is 4.53. The molecule has 90 valence electrons. The Bertz CT molecular complexity index is 633. The molecule has 1 heterocycles. The SMILES string of the molecule is Cc1ccnc(Nc2ccc(Br)cc2C#N)c1Br. The summed E-state index contributed by atoms with van der Waals surface area (Å²) in [6.07, 6.45) is 1.73. The summed E-state index contributed by atoms with van der Waals surface area (Å²) >= 11 is 6.83. The fourth-order valence-corrected chi connectivity index (χ4v) is 2.17. The van der Waals surface area contributed by atoms with E-state index in [1.807, 2.05) is 25.1 Å². The second-order valence-corrected chi connectivity index (χ2v) is 5.43. The Hall–Kier alpha value is -1.38. The molecule has 0 saturated heterocycles. The highest BCUT2D eigenvalue weighted by Gasteiger charge is 2.07. The minimum atomic E-state index is 0.569. The van der Waals surface area contributed by atoms with Crippen LogP contribution in [0.2, 0.25) is 0 Å². The van der Waals surface area contributed by atoms with Gasteiger partial charge in [-0.2, -0.15) is 5.26 Å². The quantitative estimate of drug-likeness (QED) is 0.849. The molecule has 0 aliphatic carbocycles. The van der Waals surface area contributed by atoms with Crippen LogP contribution in [0.15, 0.2) is 39.4 Å². The number of benzene rings is 1. The van der Waals surface area contributed by atoms with Gasteiger partial charge >= 0.3 is 0 Å². The number of hydrogen-bond donors (Lipinski definition) is 1. The number of rotatable bonds is 2. The second kappa shape index (κ2) is 5.51. The van der Waals surface area contributed by atoms with Crippen LogP contribution in [0.1, 0.15) is 11.1 Å². The number of pyridine rings is 1. The van der Waals surface area contributed by atoms with E-state index in [1.54, 1.807) is 12.3 Å². The van der Waals surface area contributed by atoms with Crippen molar-refractivity contribution < 1.29 is 0 Å². The van der Waals surface area contributed by atoms with Gasteiger partial charge < -0.3 is 5.32 Å². The Labute approximate surface area is 122 Å². The van der Waals surface area contributed by atoms with Crippen LogP contribution >= 0.6 is 31.9 Å². The zero-order valence-corrected chi connectivity index (χ0v) is 12.7. The number of hydrogen-bond acceptors (Lipinski definition) is 3. The maximum atomic E-state index is 9.10. The van der Waals surface area contributed by atoms with E-state index in [1.165, 1.54) is 0 Å². The maximum absolute atomic E-state index is 9.10. The molecule has 3 nitrogen and oxygen atoms in total. The lowest BCUT2D eigenvalue weighted by Gasteiger charge is -2.10. The third-order valence-corrected chi connectivity index (χ3v) is 3.93. The minimum absolute atomic E-state index is 0.569. The molecular weight excluding hydrogens is 358 g/mol. The van der Waals surface area contributed by atoms with Crippen molar-refractivity contribution in [3.05, 3.63) is 50.5 Å². The van der Waals surface area contributed by atoms with Gasteiger partial charge in [0, 0.05) is 10.7 Å². The van der Waals surface area contributed by atoms with Gasteiger partial charge in [0.25, 0.3) is 0 Å². The predicted molar refractivity (Wildman–Crippen MR) is 78.8 cm³/mol. The highest BCUT2D eigenvalue weighted by molar-refractivity contribution is 9.11. The largest absolute Gasteiger partial charge is 0.338 e. The molecule has 0 spiro atoms. The molecule has 0 fully saturated rings. The number of halogens is 2. The summed E-state index contributed by atoms with van der Waals surface area (Å²) in [6.45, 7) is 1.99. The van der Waals surface area contributed by atoms with Crippen LogP contribution in [-0.4, -0.2) is 4.98 Å². The highest BCUT2D eigenvalue weighted by Crippen LogP contribution is 2.28. The van der Waals surface area contributed by atoms with E-state index < -0.39 is 0 Å². The van der Waals surface area contributed by atoms with Gasteiger partial charge in [-0.05, 0) is 52.7 Å². The number of aromatic nitrogens is 1. The summed E-state index contributed by atoms with van der Waals surface area (Å²) in [5.74, 6) is 0.703. The molecule has 0 aliphatic heterocycles. The fourth-order valence-electron chi connectivity index (χ4n) is 1.47. The molecule has 1 N–H and O–H groups in total. The smallest absolute Gasteiger partial charge is 0.144 e. The minimum Gasteiger partial charge on any atom is -0.338 e. The summed E-state index contributed by atoms with van der Waals surface area (Å²) in [5, 5.41) is 12.3. The van der Waals surface area contributed by atoms with E-state index in [0.717, 1.165) is 20.2 Å². The van der Waals surface area contributed by atoms with Gasteiger partial charge in [0.15, 0.2) is 0 Å². The lowest BCUT2D eigenvalue weighted by Crippen LogP contribution is -1.98. The molecule has 2 aromatic rings. The topological polar surface area (TPSA) is 48.7 Å². The third-order valence-electron chi connectivity index (χ3n) is 2.44. The monoisotopic (exact) mass is 365 g/mol. The average Bonchev–Trinajstić information content (AvgIpc) is 2.37. The normalized spacial score (nSPS) is 9.89. The Morgan fingerprint density at radius 1 is 1.28 bits per heavy atom. The number of nitriles is 1. The molecule has 0 aliphatic rings. The first kappa shape index (κ1) is 13.1. The van der Waals surface area contributed by atoms with Crippen LogP contribution in [0.3, 0.4) is 0 Å². The van der Waals surface area contributed by atoms with Crippen LogP contribution in [-0.2, 0) is 0 Å². The molecule has 0 atom stereocenters. The highest BCUT2D eigenvalue weighted by atomic mass is 79.9. The van der Waals surface area contributed by atoms with Gasteiger partial charge in [-0.15, -0.1) is 0 Å². The van der Waals surface area contributed by atoms with Gasteiger partial charge in [0.2, 0.25) is 0 Å². The Balaban J connectivity index is 2.41. The Kier molecular flexibility index (Phi) is 4.00. The van der Waals surface area contributed by atoms with Gasteiger partial charge in [-0.1, -0.05) is 15.9 Å². The summed E-state index contributed by atoms with van der Waals surface area (Å²) in [4.78, 5) is 4.25. The van der Waals surface area contributed by atoms with Gasteiger partial charge in [0.05, 0.1) is 15.7 Å². The zero-order valence-electron chi connectivity index (χ0n) is 9.54. The molecule has 1 aromatic carbocycles. The average molecular weight is 367 g/mol. The molecule has 5 heteroatoms. The van der Waals surface area contributed by atoms with Crippen molar-refractivity contribution in [3.8, 4) is 6.07 Å². The van der Waals surface area contributed by atoms with E-state index in [0.29, 0.717) is 11.4 Å². The van der Waals surface area contributed by atoms with E-state index in [2.05, 4.69) is 48.2 Å². The number of anilines is 2. The molecule has 0 radical (unpaired) electrons. The Morgan fingerprint density at radius 2 is 2.06 bits per heavy atom. The van der Waals surface area contributed by atoms with E-state index >= 15 is 0 Å². The maximum Gasteiger partial charge on any atom is 0.144 e. The summed E-state index contributed by atoms with van der Waals surface area (Å²) < 4.78 is 1.78. The van der Waals surface area contributed by atoms with Crippen LogP contribution in [0.25, 0.3) is 0 Å². The third kappa shape index (κ3) is 2.71. The number of nitrogens with zero attached hydrogens (tertiary/aromatic N) is 2. The summed E-state index contributed by atoms with van der Waals surface area (Å²) in [6, 6.07) is 9.57. The van der Waals surface area contributed by atoms with Gasteiger partial charge in [-0.25, -0.2) is 4.98 Å². The van der Waals surface area contributed by atoms with Crippen molar-refractivity contribution in [3.63, 3.8) is 0 Å². The first-order chi connectivity index (χ1) is 8.61. The van der Waals surface area contributed by atoms with Crippen molar-refractivity contribution in [1.82, 2.24) is 4.98 Å². The Morgan fingerprint density at radius 3 is 2.78 bits per heavy atom. The van der Waals surface area contributed by atoms with Gasteiger partial charge in [-0.3, -0.25) is 0 Å². The molecule has 1 aromatic heterocycles. The standard InChI is InChI=1S/C13H9Br2N3/c1-8-4-5-17-13(12(8)15)18-11-3-2-10(14)6-9(11)7-16/h2-6H,1H3,(H,17,18). The molecule has 0 saturated carbocycles. The summed E-state index contributed by atoms with van der Waals surface area (Å²) in [5.41, 5.74) is 2.39. The van der Waals surface area contributed by atoms with Crippen LogP contribution < -0.4 is 5.32 Å². The van der Waals surface area contributed by atoms with Crippen molar-refractivity contribution in [2.45, 2.75) is 6.92 Å². The molecule has 0 unspecified atom stereocenters. The molecular formula is C13H9Br2N3. The molecule has 18 heavy (non-hydrogen) atoms. The number of nitrogens with one attached hydrogen (secondary N) is 1. The molecule has 0 amide bonds. The lowest BCUT2D eigenvalue weighted by atomic mass is 10.2. The van der Waals surface area contributed by atoms with E-state index in [4.69, 9.17) is 5.26 Å². The first-order valence-electron chi connectivity index (χ1n) is 5.19. The molecule has 2 rings (SSSR count). The van der Waals surface area contributed by atoms with Crippen molar-refractivity contribution in [2.75, 3.05) is 5.32 Å². The first-order valence-corrected chi connectivity index (χ1v) is 6.78. The van der Waals surface area contributed by atoms with Crippen LogP contribution in [0.4, 0.5) is 11.5 Å². The van der Waals surface area contributed by atoms with Crippen LogP contribution in [0, 0.1) is 18.3 Å². The van der Waals surface area contributed by atoms with E-state index in [9.17, 15) is 0 Å². The molecule has 0 bridgehead atoms. The second-order valence-electron chi connectivity index (χ2n) is 3.72.